The summed E-state index contributed by atoms with van der Waals surface area (Å²) in [4.78, 5) is 26.0. The number of benzene rings is 1. The number of rotatable bonds is 4. The highest BCUT2D eigenvalue weighted by Gasteiger charge is 2.07. The van der Waals surface area contributed by atoms with Crippen molar-refractivity contribution in [3.05, 3.63) is 48.3 Å². The summed E-state index contributed by atoms with van der Waals surface area (Å²) in [6.07, 6.45) is 3.52. The quantitative estimate of drug-likeness (QED) is 0.832. The van der Waals surface area contributed by atoms with Crippen molar-refractivity contribution in [3.8, 4) is 0 Å². The Hall–Kier alpha value is -2.50. The van der Waals surface area contributed by atoms with Crippen LogP contribution >= 0.6 is 0 Å². The second-order valence-electron chi connectivity index (χ2n) is 3.59. The smallest absolute Gasteiger partial charge is 0.244 e. The maximum Gasteiger partial charge on any atom is 0.244 e. The van der Waals surface area contributed by atoms with Gasteiger partial charge in [0, 0.05) is 18.1 Å². The first-order chi connectivity index (χ1) is 8.69. The van der Waals surface area contributed by atoms with Crippen LogP contribution in [0.25, 0.3) is 0 Å². The molecule has 1 amide bonds. The second-order valence-corrected chi connectivity index (χ2v) is 3.59. The first-order valence-electron chi connectivity index (χ1n) is 5.21. The highest BCUT2D eigenvalue weighted by atomic mass is 19.1. The molecule has 0 saturated carbocycles. The molecule has 0 aliphatic rings. The number of nitrogens with zero attached hydrogens (tertiary/aromatic N) is 2. The van der Waals surface area contributed by atoms with Crippen LogP contribution in [0.1, 0.15) is 10.6 Å². The lowest BCUT2D eigenvalue weighted by molar-refractivity contribution is -0.116. The Labute approximate surface area is 102 Å². The fraction of sp³-hybridized carbons (Fsp3) is 0.0833. The van der Waals surface area contributed by atoms with Crippen LogP contribution in [0.2, 0.25) is 0 Å². The van der Waals surface area contributed by atoms with Gasteiger partial charge in [-0.25, -0.2) is 9.37 Å². The van der Waals surface area contributed by atoms with Gasteiger partial charge in [-0.05, 0) is 18.2 Å². The van der Waals surface area contributed by atoms with Gasteiger partial charge in [-0.2, -0.15) is 0 Å². The van der Waals surface area contributed by atoms with Gasteiger partial charge in [0.25, 0.3) is 0 Å². The largest absolute Gasteiger partial charge is 0.324 e. The number of imidazole rings is 1. The normalized spacial score (nSPS) is 10.1. The standard InChI is InChI=1S/C12H10FN3O2/c13-9-2-1-3-10(6-9)15-12(18)7-16-5-4-14-11(16)8-17/h1-6,8H,7H2,(H,15,18). The lowest BCUT2D eigenvalue weighted by Crippen LogP contribution is -2.19. The Morgan fingerprint density at radius 2 is 2.33 bits per heavy atom. The molecular formula is C12H10FN3O2. The average Bonchev–Trinajstić information content (AvgIpc) is 2.76. The Balaban J connectivity index is 2.03. The molecule has 0 bridgehead atoms. The third-order valence-corrected chi connectivity index (χ3v) is 2.28. The second kappa shape index (κ2) is 5.22. The molecule has 0 aliphatic heterocycles. The molecule has 2 aromatic rings. The van der Waals surface area contributed by atoms with Gasteiger partial charge < -0.3 is 9.88 Å². The van der Waals surface area contributed by atoms with Crippen molar-refractivity contribution in [2.24, 2.45) is 0 Å². The van der Waals surface area contributed by atoms with Crippen molar-refractivity contribution in [2.75, 3.05) is 5.32 Å². The van der Waals surface area contributed by atoms with Crippen molar-refractivity contribution in [1.29, 1.82) is 0 Å². The zero-order valence-corrected chi connectivity index (χ0v) is 9.34. The molecule has 0 unspecified atom stereocenters. The van der Waals surface area contributed by atoms with Crippen LogP contribution in [0.15, 0.2) is 36.7 Å². The van der Waals surface area contributed by atoms with Crippen molar-refractivity contribution in [3.63, 3.8) is 0 Å². The van der Waals surface area contributed by atoms with E-state index in [4.69, 9.17) is 0 Å². The lowest BCUT2D eigenvalue weighted by Gasteiger charge is -2.06. The van der Waals surface area contributed by atoms with Gasteiger partial charge in [-0.1, -0.05) is 6.07 Å². The van der Waals surface area contributed by atoms with E-state index in [1.54, 1.807) is 6.07 Å². The third kappa shape index (κ3) is 2.79. The molecule has 0 fully saturated rings. The molecule has 0 atom stereocenters. The molecule has 0 radical (unpaired) electrons. The van der Waals surface area contributed by atoms with E-state index in [-0.39, 0.29) is 18.3 Å². The van der Waals surface area contributed by atoms with E-state index in [1.165, 1.54) is 35.2 Å². The zero-order valence-electron chi connectivity index (χ0n) is 9.34. The van der Waals surface area contributed by atoms with E-state index in [9.17, 15) is 14.0 Å². The van der Waals surface area contributed by atoms with Crippen molar-refractivity contribution >= 4 is 17.9 Å². The summed E-state index contributed by atoms with van der Waals surface area (Å²) in [6.45, 7) is -0.0510. The number of aldehydes is 1. The zero-order chi connectivity index (χ0) is 13.0. The molecule has 1 N–H and O–H groups in total. The van der Waals surface area contributed by atoms with Crippen molar-refractivity contribution in [2.45, 2.75) is 6.54 Å². The van der Waals surface area contributed by atoms with Crippen molar-refractivity contribution < 1.29 is 14.0 Å². The molecule has 1 aromatic carbocycles. The summed E-state index contributed by atoms with van der Waals surface area (Å²) >= 11 is 0. The van der Waals surface area contributed by atoms with Crippen LogP contribution < -0.4 is 5.32 Å². The topological polar surface area (TPSA) is 64.0 Å². The van der Waals surface area contributed by atoms with E-state index in [0.29, 0.717) is 12.0 Å². The minimum Gasteiger partial charge on any atom is -0.324 e. The number of carbonyl (C=O) groups excluding carboxylic acids is 2. The van der Waals surface area contributed by atoms with E-state index in [1.807, 2.05) is 0 Å². The Kier molecular flexibility index (Phi) is 3.47. The summed E-state index contributed by atoms with van der Waals surface area (Å²) in [5.74, 6) is -0.616. The van der Waals surface area contributed by atoms with Gasteiger partial charge in [0.2, 0.25) is 5.91 Å². The number of hydrogen-bond acceptors (Lipinski definition) is 3. The van der Waals surface area contributed by atoms with Gasteiger partial charge in [-0.3, -0.25) is 9.59 Å². The van der Waals surface area contributed by atoms with Gasteiger partial charge in [0.05, 0.1) is 0 Å². The predicted molar refractivity (Wildman–Crippen MR) is 62.6 cm³/mol. The van der Waals surface area contributed by atoms with Crippen LogP contribution in [-0.2, 0) is 11.3 Å². The molecule has 2 rings (SSSR count). The number of hydrogen-bond donors (Lipinski definition) is 1. The van der Waals surface area contributed by atoms with E-state index in [2.05, 4.69) is 10.3 Å². The number of carbonyl (C=O) groups is 2. The number of aromatic nitrogens is 2. The van der Waals surface area contributed by atoms with E-state index in [0.717, 1.165) is 0 Å². The molecular weight excluding hydrogens is 237 g/mol. The summed E-state index contributed by atoms with van der Waals surface area (Å²) in [5, 5.41) is 2.53. The van der Waals surface area contributed by atoms with Crippen LogP contribution in [0.4, 0.5) is 10.1 Å². The minimum atomic E-state index is -0.427. The highest BCUT2D eigenvalue weighted by molar-refractivity contribution is 5.90. The monoisotopic (exact) mass is 247 g/mol. The number of anilines is 1. The molecule has 6 heteroatoms. The Bertz CT molecular complexity index is 580. The minimum absolute atomic E-state index is 0.0510. The molecule has 1 heterocycles. The van der Waals surface area contributed by atoms with Crippen LogP contribution in [0, 0.1) is 5.82 Å². The van der Waals surface area contributed by atoms with E-state index >= 15 is 0 Å². The molecule has 0 saturated heterocycles. The third-order valence-electron chi connectivity index (χ3n) is 2.28. The summed E-state index contributed by atoms with van der Waals surface area (Å²) < 4.78 is 14.3. The van der Waals surface area contributed by atoms with Gasteiger partial charge in [0.15, 0.2) is 12.1 Å². The summed E-state index contributed by atoms with van der Waals surface area (Å²) in [6, 6.07) is 5.58. The highest BCUT2D eigenvalue weighted by Crippen LogP contribution is 2.09. The molecule has 0 aliphatic carbocycles. The summed E-state index contributed by atoms with van der Waals surface area (Å²) in [5.41, 5.74) is 0.368. The summed E-state index contributed by atoms with van der Waals surface area (Å²) in [7, 11) is 0. The number of halogens is 1. The first kappa shape index (κ1) is 12.0. The molecule has 5 nitrogen and oxygen atoms in total. The fourth-order valence-electron chi connectivity index (χ4n) is 1.49. The number of nitrogens with one attached hydrogen (secondary N) is 1. The lowest BCUT2D eigenvalue weighted by atomic mass is 10.3. The van der Waals surface area contributed by atoms with Gasteiger partial charge in [0.1, 0.15) is 12.4 Å². The maximum atomic E-state index is 12.9. The van der Waals surface area contributed by atoms with Crippen LogP contribution in [0.5, 0.6) is 0 Å². The van der Waals surface area contributed by atoms with E-state index < -0.39 is 5.82 Å². The van der Waals surface area contributed by atoms with Gasteiger partial charge in [-0.15, -0.1) is 0 Å². The maximum absolute atomic E-state index is 12.9. The molecule has 0 spiro atoms. The molecule has 18 heavy (non-hydrogen) atoms. The fourth-order valence-corrected chi connectivity index (χ4v) is 1.49. The van der Waals surface area contributed by atoms with Crippen molar-refractivity contribution in [1.82, 2.24) is 9.55 Å². The number of amides is 1. The van der Waals surface area contributed by atoms with Crippen LogP contribution in [-0.4, -0.2) is 21.7 Å². The first-order valence-corrected chi connectivity index (χ1v) is 5.21. The van der Waals surface area contributed by atoms with Crippen LogP contribution in [0.3, 0.4) is 0 Å². The predicted octanol–water partition coefficient (Wildman–Crippen LogP) is 1.47. The average molecular weight is 247 g/mol. The molecule has 1 aromatic heterocycles. The SMILES string of the molecule is O=Cc1nccn1CC(=O)Nc1cccc(F)c1. The van der Waals surface area contributed by atoms with Gasteiger partial charge >= 0.3 is 0 Å². The molecule has 92 valence electrons. The Morgan fingerprint density at radius 1 is 1.50 bits per heavy atom. The Morgan fingerprint density at radius 3 is 3.06 bits per heavy atom.